The highest BCUT2D eigenvalue weighted by Crippen LogP contribution is 2.37. The molecule has 0 aromatic carbocycles. The molecular formula is C10H5Cl2N5O2S2. The summed E-state index contributed by atoms with van der Waals surface area (Å²) in [5, 5.41) is 13.8. The van der Waals surface area contributed by atoms with E-state index in [1.807, 2.05) is 0 Å². The molecule has 3 heterocycles. The maximum Gasteiger partial charge on any atom is 0.322 e. The lowest BCUT2D eigenvalue weighted by Crippen LogP contribution is -2.11. The summed E-state index contributed by atoms with van der Waals surface area (Å²) < 4.78 is 9.97. The smallest absolute Gasteiger partial charge is 0.322 e. The zero-order valence-electron chi connectivity index (χ0n) is 10.3. The van der Waals surface area contributed by atoms with Gasteiger partial charge in [0.05, 0.1) is 15.6 Å². The fourth-order valence-electron chi connectivity index (χ4n) is 1.46. The maximum absolute atomic E-state index is 12.0. The number of hydrogen-bond acceptors (Lipinski definition) is 8. The summed E-state index contributed by atoms with van der Waals surface area (Å²) in [5.74, 6) is -0.232. The van der Waals surface area contributed by atoms with E-state index >= 15 is 0 Å². The van der Waals surface area contributed by atoms with Crippen LogP contribution in [0.15, 0.2) is 10.5 Å². The van der Waals surface area contributed by atoms with Crippen molar-refractivity contribution >= 4 is 58.0 Å². The number of carbonyl (C=O) groups excluding carboxylic acids is 1. The number of rotatable bonds is 3. The number of aromatic nitrogens is 4. The van der Waals surface area contributed by atoms with E-state index in [0.29, 0.717) is 24.8 Å². The van der Waals surface area contributed by atoms with Crippen molar-refractivity contribution in [2.45, 2.75) is 6.92 Å². The van der Waals surface area contributed by atoms with Gasteiger partial charge in [-0.05, 0) is 24.5 Å². The Labute approximate surface area is 136 Å². The fraction of sp³-hybridized carbons (Fsp3) is 0.100. The Balaban J connectivity index is 1.81. The van der Waals surface area contributed by atoms with Gasteiger partial charge in [0.25, 0.3) is 11.8 Å². The Morgan fingerprint density at radius 1 is 1.33 bits per heavy atom. The molecule has 0 saturated carbocycles. The Morgan fingerprint density at radius 3 is 2.76 bits per heavy atom. The summed E-state index contributed by atoms with van der Waals surface area (Å²) in [6.45, 7) is 1.69. The van der Waals surface area contributed by atoms with Gasteiger partial charge in [-0.3, -0.25) is 10.1 Å². The van der Waals surface area contributed by atoms with Gasteiger partial charge in [-0.25, -0.2) is 0 Å². The van der Waals surface area contributed by atoms with E-state index in [9.17, 15) is 4.79 Å². The third-order valence-electron chi connectivity index (χ3n) is 2.39. The summed E-state index contributed by atoms with van der Waals surface area (Å²) in [6, 6.07) is 1.58. The van der Waals surface area contributed by atoms with Gasteiger partial charge in [0, 0.05) is 0 Å². The molecule has 3 aromatic heterocycles. The van der Waals surface area contributed by atoms with Crippen molar-refractivity contribution in [1.29, 1.82) is 0 Å². The fourth-order valence-corrected chi connectivity index (χ4v) is 3.46. The monoisotopic (exact) mass is 361 g/mol. The first kappa shape index (κ1) is 14.4. The van der Waals surface area contributed by atoms with Gasteiger partial charge < -0.3 is 4.42 Å². The molecule has 0 atom stereocenters. The molecule has 0 bridgehead atoms. The van der Waals surface area contributed by atoms with E-state index in [4.69, 9.17) is 27.6 Å². The van der Waals surface area contributed by atoms with Gasteiger partial charge in [-0.15, -0.1) is 21.5 Å². The van der Waals surface area contributed by atoms with Crippen LogP contribution in [0.25, 0.3) is 11.5 Å². The third kappa shape index (κ3) is 2.91. The average Bonchev–Trinajstić information content (AvgIpc) is 3.10. The van der Waals surface area contributed by atoms with Crippen molar-refractivity contribution in [3.8, 4) is 11.5 Å². The summed E-state index contributed by atoms with van der Waals surface area (Å²) in [7, 11) is 0. The number of thiophene rings is 1. The first-order chi connectivity index (χ1) is 10.0. The quantitative estimate of drug-likeness (QED) is 0.766. The second-order valence-electron chi connectivity index (χ2n) is 3.79. The van der Waals surface area contributed by atoms with Crippen LogP contribution in [0.2, 0.25) is 8.67 Å². The van der Waals surface area contributed by atoms with Crippen LogP contribution in [0.1, 0.15) is 15.4 Å². The molecule has 0 saturated heterocycles. The number of anilines is 1. The Morgan fingerprint density at radius 2 is 2.14 bits per heavy atom. The SMILES string of the molecule is Cc1nnsc1C(=O)Nc1nnc(-c2cc(Cl)sc2Cl)o1. The molecule has 1 N–H and O–H groups in total. The molecule has 0 radical (unpaired) electrons. The normalized spacial score (nSPS) is 10.8. The Kier molecular flexibility index (Phi) is 3.89. The van der Waals surface area contributed by atoms with E-state index in [2.05, 4.69) is 25.1 Å². The summed E-state index contributed by atoms with van der Waals surface area (Å²) >= 11 is 14.0. The molecule has 0 unspecified atom stereocenters. The van der Waals surface area contributed by atoms with Gasteiger partial charge in [0.1, 0.15) is 9.21 Å². The van der Waals surface area contributed by atoms with Gasteiger partial charge in [-0.1, -0.05) is 32.8 Å². The lowest BCUT2D eigenvalue weighted by molar-refractivity contribution is 0.102. The van der Waals surface area contributed by atoms with Gasteiger partial charge in [0.15, 0.2) is 0 Å². The predicted molar refractivity (Wildman–Crippen MR) is 80.2 cm³/mol. The number of aryl methyl sites for hydroxylation is 1. The van der Waals surface area contributed by atoms with Crippen LogP contribution in [0.3, 0.4) is 0 Å². The number of hydrogen-bond donors (Lipinski definition) is 1. The molecule has 0 fully saturated rings. The largest absolute Gasteiger partial charge is 0.403 e. The van der Waals surface area contributed by atoms with Gasteiger partial charge in [0.2, 0.25) is 0 Å². The van der Waals surface area contributed by atoms with Crippen molar-refractivity contribution in [2.75, 3.05) is 5.32 Å². The summed E-state index contributed by atoms with van der Waals surface area (Å²) in [6.07, 6.45) is 0. The Hall–Kier alpha value is -1.55. The molecular weight excluding hydrogens is 357 g/mol. The van der Waals surface area contributed by atoms with Crippen LogP contribution >= 0.6 is 46.1 Å². The lowest BCUT2D eigenvalue weighted by Gasteiger charge is -1.96. The van der Waals surface area contributed by atoms with Crippen molar-refractivity contribution < 1.29 is 9.21 Å². The van der Waals surface area contributed by atoms with Crippen molar-refractivity contribution in [2.24, 2.45) is 0 Å². The summed E-state index contributed by atoms with van der Waals surface area (Å²) in [4.78, 5) is 12.3. The first-order valence-corrected chi connectivity index (χ1v) is 7.78. The number of nitrogens with zero attached hydrogens (tertiary/aromatic N) is 4. The molecule has 0 spiro atoms. The zero-order chi connectivity index (χ0) is 15.0. The van der Waals surface area contributed by atoms with Crippen LogP contribution in [0, 0.1) is 6.92 Å². The highest BCUT2D eigenvalue weighted by molar-refractivity contribution is 7.20. The van der Waals surface area contributed by atoms with E-state index in [-0.39, 0.29) is 11.9 Å². The molecule has 7 nitrogen and oxygen atoms in total. The molecule has 0 aliphatic rings. The Bertz CT molecular complexity index is 812. The van der Waals surface area contributed by atoms with Crippen LogP contribution in [0.5, 0.6) is 0 Å². The highest BCUT2D eigenvalue weighted by atomic mass is 35.5. The molecule has 3 rings (SSSR count). The number of nitrogens with one attached hydrogen (secondary N) is 1. The van der Waals surface area contributed by atoms with Gasteiger partial charge in [-0.2, -0.15) is 0 Å². The lowest BCUT2D eigenvalue weighted by atomic mass is 10.3. The number of amides is 1. The standard InChI is InChI=1S/C10H5Cl2N5O2S2/c1-3-6(21-17-14-3)8(18)13-10-16-15-9(19-10)4-2-5(11)20-7(4)12/h2H,1H3,(H,13,16,18). The minimum atomic E-state index is -0.410. The molecule has 21 heavy (non-hydrogen) atoms. The number of carbonyl (C=O) groups is 1. The molecule has 0 aliphatic heterocycles. The molecule has 11 heteroatoms. The van der Waals surface area contributed by atoms with Crippen molar-refractivity contribution in [1.82, 2.24) is 19.8 Å². The predicted octanol–water partition coefficient (Wildman–Crippen LogP) is 3.52. The minimum absolute atomic E-state index is 0.0406. The minimum Gasteiger partial charge on any atom is -0.403 e. The van der Waals surface area contributed by atoms with Crippen LogP contribution in [-0.2, 0) is 0 Å². The van der Waals surface area contributed by atoms with Crippen molar-refractivity contribution in [3.05, 3.63) is 25.3 Å². The van der Waals surface area contributed by atoms with Crippen LogP contribution < -0.4 is 5.32 Å². The third-order valence-corrected chi connectivity index (χ3v) is 4.70. The molecule has 1 amide bonds. The van der Waals surface area contributed by atoms with E-state index < -0.39 is 5.91 Å². The summed E-state index contributed by atoms with van der Waals surface area (Å²) in [5.41, 5.74) is 1.06. The second-order valence-corrected chi connectivity index (χ2v) is 6.83. The van der Waals surface area contributed by atoms with Crippen LogP contribution in [-0.4, -0.2) is 25.7 Å². The first-order valence-electron chi connectivity index (χ1n) is 5.43. The van der Waals surface area contributed by atoms with Crippen molar-refractivity contribution in [3.63, 3.8) is 0 Å². The van der Waals surface area contributed by atoms with E-state index in [0.717, 1.165) is 11.5 Å². The molecule has 108 valence electrons. The molecule has 3 aromatic rings. The van der Waals surface area contributed by atoms with Crippen LogP contribution in [0.4, 0.5) is 6.01 Å². The highest BCUT2D eigenvalue weighted by Gasteiger charge is 2.19. The topological polar surface area (TPSA) is 93.8 Å². The second kappa shape index (κ2) is 5.68. The van der Waals surface area contributed by atoms with E-state index in [1.165, 1.54) is 11.3 Å². The average molecular weight is 362 g/mol. The molecule has 0 aliphatic carbocycles. The maximum atomic E-state index is 12.0. The number of halogens is 2. The van der Waals surface area contributed by atoms with E-state index in [1.54, 1.807) is 13.0 Å². The zero-order valence-corrected chi connectivity index (χ0v) is 13.4. The van der Waals surface area contributed by atoms with Gasteiger partial charge >= 0.3 is 6.01 Å².